The van der Waals surface area contributed by atoms with Gasteiger partial charge in [0, 0.05) is 17.7 Å². The molecule has 0 aliphatic heterocycles. The van der Waals surface area contributed by atoms with Gasteiger partial charge in [-0.3, -0.25) is 0 Å². The summed E-state index contributed by atoms with van der Waals surface area (Å²) in [6.45, 7) is 7.55. The Kier molecular flexibility index (Phi) is 2.79. The highest BCUT2D eigenvalue weighted by Crippen LogP contribution is 2.02. The van der Waals surface area contributed by atoms with Crippen molar-refractivity contribution in [2.75, 3.05) is 0 Å². The highest BCUT2D eigenvalue weighted by atomic mass is 28.4. The van der Waals surface area contributed by atoms with Crippen LogP contribution in [-0.2, 0) is 7.05 Å². The van der Waals surface area contributed by atoms with E-state index >= 15 is 0 Å². The van der Waals surface area contributed by atoms with E-state index in [2.05, 4.69) is 0 Å². The van der Waals surface area contributed by atoms with Crippen molar-refractivity contribution in [3.63, 3.8) is 0 Å². The molecule has 0 aliphatic carbocycles. The fourth-order valence-corrected chi connectivity index (χ4v) is 4.72. The van der Waals surface area contributed by atoms with Crippen LogP contribution in [0.3, 0.4) is 0 Å². The first-order valence-electron chi connectivity index (χ1n) is 4.75. The minimum Gasteiger partial charge on any atom is -0.427 e. The molecule has 0 fully saturated rings. The van der Waals surface area contributed by atoms with Crippen LogP contribution in [0.5, 0.6) is 0 Å². The normalized spacial score (nSPS) is 13.4. The lowest BCUT2D eigenvalue weighted by Gasteiger charge is -2.20. The van der Waals surface area contributed by atoms with E-state index in [1.165, 1.54) is 0 Å². The Hall–Kier alpha value is -0.366. The molecule has 1 heterocycles. The van der Waals surface area contributed by atoms with E-state index in [9.17, 15) is 9.59 Å². The number of rotatable bonds is 2. The number of aromatic nitrogens is 1. The first-order chi connectivity index (χ1) is 6.14. The number of hydrogen-bond acceptors (Lipinski definition) is 2. The predicted octanol–water partition coefficient (Wildman–Crippen LogP) is -0.166. The van der Waals surface area contributed by atoms with Crippen LogP contribution in [0.4, 0.5) is 0 Å². The van der Waals surface area contributed by atoms with Gasteiger partial charge >= 0.3 is 0 Å². The van der Waals surface area contributed by atoms with E-state index in [0.29, 0.717) is 0 Å². The van der Waals surface area contributed by atoms with Crippen LogP contribution in [0.15, 0.2) is 12.1 Å². The second-order valence-corrected chi connectivity index (χ2v) is 12.0. The molecule has 0 spiro atoms. The smallest absolute Gasteiger partial charge is 0.230 e. The van der Waals surface area contributed by atoms with Gasteiger partial charge in [0.25, 0.3) is 0 Å². The van der Waals surface area contributed by atoms with E-state index in [1.807, 2.05) is 49.9 Å². The Labute approximate surface area is 87.3 Å². The molecule has 80 valence electrons. The fourth-order valence-electron chi connectivity index (χ4n) is 1.74. The summed E-state index contributed by atoms with van der Waals surface area (Å²) < 4.78 is 1.96. The molecule has 1 rings (SSSR count). The van der Waals surface area contributed by atoms with Crippen LogP contribution in [0.2, 0.25) is 26.2 Å². The zero-order valence-electron chi connectivity index (χ0n) is 9.50. The Morgan fingerprint density at radius 1 is 0.929 bits per heavy atom. The average Bonchev–Trinajstić information content (AvgIpc) is 2.26. The molecular formula is C9H19NO2Si2. The lowest BCUT2D eigenvalue weighted by atomic mass is 10.7. The van der Waals surface area contributed by atoms with Crippen molar-refractivity contribution in [3.8, 4) is 0 Å². The zero-order chi connectivity index (χ0) is 11.1. The highest BCUT2D eigenvalue weighted by molar-refractivity contribution is 6.85. The lowest BCUT2D eigenvalue weighted by molar-refractivity contribution is 0.561. The van der Waals surface area contributed by atoms with Gasteiger partial charge < -0.3 is 14.2 Å². The standard InChI is InChI=1S/C9H19NO2Si2/c1-10-8(13(2,3)11)6-7-9(10)14(4,5)12/h6-7,11-12H,1-5H3. The summed E-state index contributed by atoms with van der Waals surface area (Å²) in [5, 5.41) is 1.95. The van der Waals surface area contributed by atoms with Crippen LogP contribution >= 0.6 is 0 Å². The summed E-state index contributed by atoms with van der Waals surface area (Å²) in [5.74, 6) is 0. The largest absolute Gasteiger partial charge is 0.427 e. The molecule has 1 aromatic heterocycles. The minimum absolute atomic E-state index is 0.974. The number of hydrogen-bond donors (Lipinski definition) is 2. The summed E-state index contributed by atoms with van der Waals surface area (Å²) in [5.41, 5.74) is 0. The van der Waals surface area contributed by atoms with Crippen LogP contribution in [0.1, 0.15) is 0 Å². The van der Waals surface area contributed by atoms with Crippen molar-refractivity contribution in [2.24, 2.45) is 7.05 Å². The summed E-state index contributed by atoms with van der Waals surface area (Å²) >= 11 is 0. The number of nitrogens with zero attached hydrogens (tertiary/aromatic N) is 1. The van der Waals surface area contributed by atoms with Crippen LogP contribution in [0.25, 0.3) is 0 Å². The van der Waals surface area contributed by atoms with E-state index in [1.54, 1.807) is 0 Å². The van der Waals surface area contributed by atoms with Crippen LogP contribution < -0.4 is 10.6 Å². The molecule has 0 saturated carbocycles. The van der Waals surface area contributed by atoms with Gasteiger partial charge in [-0.05, 0) is 38.3 Å². The summed E-state index contributed by atoms with van der Waals surface area (Å²) in [7, 11) is -2.61. The van der Waals surface area contributed by atoms with E-state index in [0.717, 1.165) is 10.6 Å². The van der Waals surface area contributed by atoms with Gasteiger partial charge in [0.1, 0.15) is 0 Å². The van der Waals surface area contributed by atoms with E-state index < -0.39 is 16.6 Å². The van der Waals surface area contributed by atoms with Crippen molar-refractivity contribution in [1.29, 1.82) is 0 Å². The molecular weight excluding hydrogens is 210 g/mol. The molecule has 0 saturated heterocycles. The van der Waals surface area contributed by atoms with Gasteiger partial charge in [-0.15, -0.1) is 0 Å². The molecule has 3 nitrogen and oxygen atoms in total. The van der Waals surface area contributed by atoms with Gasteiger partial charge in [0.05, 0.1) is 0 Å². The Morgan fingerprint density at radius 2 is 1.21 bits per heavy atom. The topological polar surface area (TPSA) is 45.4 Å². The molecule has 0 amide bonds. The Bertz CT molecular complexity index is 302. The first-order valence-corrected chi connectivity index (χ1v) is 10.6. The van der Waals surface area contributed by atoms with Crippen LogP contribution in [0, 0.1) is 0 Å². The van der Waals surface area contributed by atoms with Gasteiger partial charge in [0.15, 0.2) is 0 Å². The van der Waals surface area contributed by atoms with Crippen molar-refractivity contribution in [3.05, 3.63) is 12.1 Å². The second kappa shape index (κ2) is 3.34. The molecule has 2 N–H and O–H groups in total. The first kappa shape index (κ1) is 11.7. The summed E-state index contributed by atoms with van der Waals surface area (Å²) in [6.07, 6.45) is 0. The molecule has 5 heteroatoms. The monoisotopic (exact) mass is 229 g/mol. The molecule has 0 aliphatic rings. The van der Waals surface area contributed by atoms with Crippen molar-refractivity contribution < 1.29 is 9.59 Å². The third-order valence-corrected chi connectivity index (χ3v) is 5.89. The maximum Gasteiger partial charge on any atom is 0.230 e. The SMILES string of the molecule is Cn1c([Si](C)(C)O)ccc1[Si](C)(C)O. The maximum atomic E-state index is 10.0. The van der Waals surface area contributed by atoms with E-state index in [4.69, 9.17) is 0 Å². The van der Waals surface area contributed by atoms with E-state index in [-0.39, 0.29) is 0 Å². The van der Waals surface area contributed by atoms with Gasteiger partial charge in [0.2, 0.25) is 16.6 Å². The minimum atomic E-state index is -2.26. The Balaban J connectivity index is 3.23. The van der Waals surface area contributed by atoms with Gasteiger partial charge in [-0.2, -0.15) is 0 Å². The molecule has 0 unspecified atom stereocenters. The van der Waals surface area contributed by atoms with Crippen molar-refractivity contribution in [1.82, 2.24) is 4.57 Å². The molecule has 1 aromatic rings. The average molecular weight is 229 g/mol. The molecule has 0 bridgehead atoms. The zero-order valence-corrected chi connectivity index (χ0v) is 11.5. The lowest BCUT2D eigenvalue weighted by Crippen LogP contribution is -2.52. The molecule has 0 atom stereocenters. The third-order valence-electron chi connectivity index (χ3n) is 2.38. The summed E-state index contributed by atoms with van der Waals surface area (Å²) in [4.78, 5) is 20.0. The fraction of sp³-hybridized carbons (Fsp3) is 0.556. The quantitative estimate of drug-likeness (QED) is 0.692. The molecule has 14 heavy (non-hydrogen) atoms. The van der Waals surface area contributed by atoms with Gasteiger partial charge in [-0.25, -0.2) is 0 Å². The van der Waals surface area contributed by atoms with Crippen molar-refractivity contribution >= 4 is 27.3 Å². The maximum absolute atomic E-state index is 10.0. The van der Waals surface area contributed by atoms with Crippen molar-refractivity contribution in [2.45, 2.75) is 26.2 Å². The highest BCUT2D eigenvalue weighted by Gasteiger charge is 2.29. The molecule has 0 aromatic carbocycles. The second-order valence-electron chi connectivity index (χ2n) is 4.78. The van der Waals surface area contributed by atoms with Crippen LogP contribution in [-0.4, -0.2) is 30.8 Å². The predicted molar refractivity (Wildman–Crippen MR) is 64.1 cm³/mol. The Morgan fingerprint density at radius 3 is 1.36 bits per heavy atom. The third kappa shape index (κ3) is 2.17. The molecule has 0 radical (unpaired) electrons. The van der Waals surface area contributed by atoms with Gasteiger partial charge in [-0.1, -0.05) is 0 Å². The summed E-state index contributed by atoms with van der Waals surface area (Å²) in [6, 6.07) is 3.87.